The van der Waals surface area contributed by atoms with Crippen molar-refractivity contribution in [1.82, 2.24) is 14.1 Å². The number of benzene rings is 10. The van der Waals surface area contributed by atoms with E-state index < -0.39 is 198 Å². The van der Waals surface area contributed by atoms with Gasteiger partial charge in [-0.15, -0.1) is 29.7 Å². The van der Waals surface area contributed by atoms with E-state index in [-0.39, 0.29) is 83.1 Å². The summed E-state index contributed by atoms with van der Waals surface area (Å²) >= 11 is 0. The van der Waals surface area contributed by atoms with Gasteiger partial charge in [0, 0.05) is 54.0 Å². The molecule has 3 aromatic heterocycles. The zero-order valence-electron chi connectivity index (χ0n) is 69.3. The summed E-state index contributed by atoms with van der Waals surface area (Å²) in [5.41, 5.74) is -1.38. The number of nitrogens with zero attached hydrogens (tertiary/aromatic N) is 4. The molecule has 0 N–H and O–H groups in total. The van der Waals surface area contributed by atoms with Crippen LogP contribution in [0.3, 0.4) is 0 Å². The summed E-state index contributed by atoms with van der Waals surface area (Å²) in [5.74, 6) is 0.212. The molecule has 13 aromatic rings. The largest absolute Gasteiger partial charge is 0.510 e. The number of aryl methyl sites for hydroxylation is 1. The van der Waals surface area contributed by atoms with E-state index in [4.69, 9.17) is 23.9 Å². The van der Waals surface area contributed by atoms with Gasteiger partial charge >= 0.3 is 0 Å². The van der Waals surface area contributed by atoms with Crippen molar-refractivity contribution in [1.29, 1.82) is 0 Å². The van der Waals surface area contributed by atoms with E-state index in [9.17, 15) is 19.2 Å². The van der Waals surface area contributed by atoms with Gasteiger partial charge in [-0.1, -0.05) is 232 Å². The fourth-order valence-corrected chi connectivity index (χ4v) is 13.9. The second kappa shape index (κ2) is 20.7. The first-order chi connectivity index (χ1) is 49.3. The summed E-state index contributed by atoms with van der Waals surface area (Å²) in [6.45, 7) is 2.22. The molecule has 0 amide bonds. The average Bonchev–Trinajstić information content (AvgIpc) is 0.763. The number of hydrogen-bond donors (Lipinski definition) is 0. The Morgan fingerprint density at radius 3 is 1.81 bits per heavy atom. The van der Waals surface area contributed by atoms with Gasteiger partial charge in [0.1, 0.15) is 5.82 Å². The Balaban J connectivity index is 0.0000105. The molecule has 0 aliphatic carbocycles. The third-order valence-corrected chi connectivity index (χ3v) is 17.4. The smallest absolute Gasteiger partial charge is 0.268 e. The predicted octanol–water partition coefficient (Wildman–Crippen LogP) is 13.9. The molecule has 380 valence electrons. The number of para-hydroxylation sites is 3. The molecular weight excluding hydrogens is 1150 g/mol. The van der Waals surface area contributed by atoms with Crippen LogP contribution >= 0.6 is 0 Å². The van der Waals surface area contributed by atoms with Crippen molar-refractivity contribution in [2.75, 3.05) is 0 Å². The van der Waals surface area contributed by atoms with E-state index in [1.807, 2.05) is 6.07 Å². The van der Waals surface area contributed by atoms with Gasteiger partial charge in [-0.25, -0.2) is 4.98 Å². The van der Waals surface area contributed by atoms with Crippen LogP contribution in [0.5, 0.6) is 11.5 Å². The molecule has 0 aliphatic heterocycles. The average molecular weight is 1230 g/mol. The van der Waals surface area contributed by atoms with Crippen molar-refractivity contribution in [3.8, 4) is 50.9 Å². The van der Waals surface area contributed by atoms with E-state index in [0.29, 0.717) is 27.3 Å². The molecule has 0 bridgehead atoms. The topological polar surface area (TPSA) is 35.9 Å². The molecule has 0 radical (unpaired) electrons. The van der Waals surface area contributed by atoms with Crippen LogP contribution in [0.2, 0.25) is 0 Å². The van der Waals surface area contributed by atoms with Gasteiger partial charge in [-0.05, 0) is 84.0 Å². The molecule has 0 fully saturated rings. The molecule has 78 heavy (non-hydrogen) atoms. The van der Waals surface area contributed by atoms with Crippen molar-refractivity contribution in [2.24, 2.45) is 0 Å². The fourth-order valence-electron chi connectivity index (χ4n) is 9.83. The molecule has 0 saturated carbocycles. The number of fused-ring (bicyclic) bond motifs is 4. The molecule has 0 saturated heterocycles. The first kappa shape index (κ1) is 27.6. The van der Waals surface area contributed by atoms with E-state index in [0.717, 1.165) is 6.20 Å². The van der Waals surface area contributed by atoms with Crippen molar-refractivity contribution >= 4 is 61.7 Å². The first-order valence-corrected chi connectivity index (χ1v) is 26.0. The molecule has 10 aromatic carbocycles. The zero-order valence-corrected chi connectivity index (χ0v) is 44.6. The van der Waals surface area contributed by atoms with Gasteiger partial charge in [-0.2, -0.15) is 18.2 Å². The molecule has 7 heteroatoms. The number of pyridine rings is 1. The van der Waals surface area contributed by atoms with Crippen LogP contribution < -0.4 is 30.1 Å². The van der Waals surface area contributed by atoms with E-state index >= 15 is 0 Å². The van der Waals surface area contributed by atoms with E-state index in [1.54, 1.807) is 98.1 Å². The molecule has 0 aliphatic rings. The maximum Gasteiger partial charge on any atom is 0.268 e. The molecule has 0 spiro atoms. The fraction of sp³-hybridized carbons (Fsp3) is 0.0704. The summed E-state index contributed by atoms with van der Waals surface area (Å²) < 4.78 is 268. The number of aromatic nitrogens is 4. The van der Waals surface area contributed by atoms with Crippen LogP contribution in [0.25, 0.3) is 72.3 Å². The molecule has 0 unspecified atom stereocenters. The van der Waals surface area contributed by atoms with Gasteiger partial charge < -0.3 is 13.9 Å². The molecule has 0 atom stereocenters. The second-order valence-electron chi connectivity index (χ2n) is 18.7. The van der Waals surface area contributed by atoms with Crippen LogP contribution in [0.1, 0.15) is 70.3 Å². The summed E-state index contributed by atoms with van der Waals surface area (Å²) in [4.78, 5) is 4.67. The van der Waals surface area contributed by atoms with Crippen LogP contribution in [-0.4, -0.2) is 22.2 Å². The van der Waals surface area contributed by atoms with Gasteiger partial charge in [-0.3, -0.25) is 4.57 Å². The summed E-state index contributed by atoms with van der Waals surface area (Å²) in [6, 6.07) is 9.75. The van der Waals surface area contributed by atoms with Gasteiger partial charge in [0.05, 0.1) is 51.0 Å². The Hall–Kier alpha value is -8.67. The Morgan fingerprint density at radius 1 is 0.577 bits per heavy atom. The minimum Gasteiger partial charge on any atom is -0.510 e. The SMILES string of the molecule is [2H]c1c([2H])c([2H])c(-c2cc(C(C)(C)C)c(-[n+]3[c-]n(-c4[c-]c(Oc5[c-]c6c(cc5)c5ccccc5n6-c5cc(C([2H])([2H])[2H])c(-c6c([2H])c([2H])c([2H])c([2H])c6[2H])cn5)ccc4)c4ccccc43)c([Si](c3c([2H])c([2H])c([2H])c([2H])c3[2H])(c3c([2H])c([2H])c([2H])c([2H])c3[2H])c3c([2H])c([2H])c([2H])c([2H])c3[2H])c2)c([2H])c1[2H].[Pt]. The minimum absolute atomic E-state index is 0. The number of ether oxygens (including phenoxy) is 1. The standard InChI is InChI=1S/C71H54N4OSi.Pt/c1-50-43-69(72-48-62(50)52-27-12-6-13-28-52)75-64-38-21-20-37-60(64)61-42-41-56(47-67(61)75)76-55-30-24-29-54(46-55)73-49-74(66-40-23-22-39-65(66)73)70-63(71(2,3)4)44-53(51-25-10-5-11-26-51)45-68(70)77(57-31-14-7-15-32-57,58-33-16-8-17-34-58)59-35-18-9-19-36-59;/h5-45,48H,1-4H3;/q-2;/i1D3,5D,6D,7D,8D,9D,10D,11D,12D,13D,14D,15D,16D,17D,18D,19D,25D,26D,27D,28D,31D,32D,33D,34D,35D,36D;. The van der Waals surface area contributed by atoms with Gasteiger partial charge in [0.25, 0.3) is 6.33 Å². The van der Waals surface area contributed by atoms with Crippen LogP contribution in [0.15, 0.2) is 254 Å². The van der Waals surface area contributed by atoms with Gasteiger partial charge in [0.15, 0.2) is 8.07 Å². The van der Waals surface area contributed by atoms with E-state index in [2.05, 4.69) is 23.4 Å². The molecule has 3 heterocycles. The van der Waals surface area contributed by atoms with Crippen molar-refractivity contribution in [3.63, 3.8) is 0 Å². The second-order valence-corrected chi connectivity index (χ2v) is 22.2. The summed E-state index contributed by atoms with van der Waals surface area (Å²) in [7, 11) is -6.20. The van der Waals surface area contributed by atoms with Crippen LogP contribution in [0, 0.1) is 25.3 Å². The van der Waals surface area contributed by atoms with Crippen molar-refractivity contribution in [3.05, 3.63) is 284 Å². The third kappa shape index (κ3) is 8.81. The third-order valence-electron chi connectivity index (χ3n) is 13.2. The molecule has 13 rings (SSSR count). The van der Waals surface area contributed by atoms with Crippen LogP contribution in [-0.2, 0) is 26.5 Å². The molecular formula is C71H54N4OPtSi-2. The number of rotatable bonds is 11. The summed E-state index contributed by atoms with van der Waals surface area (Å²) in [5, 5.41) is -1.70. The van der Waals surface area contributed by atoms with Crippen molar-refractivity contribution < 1.29 is 68.8 Å². The Morgan fingerprint density at radius 2 is 1.17 bits per heavy atom. The quantitative estimate of drug-likeness (QED) is 0.0560. The Labute approximate surface area is 511 Å². The normalized spacial score (nSPS) is 17.0. The monoisotopic (exact) mass is 1230 g/mol. The first-order valence-electron chi connectivity index (χ1n) is 38.0. The van der Waals surface area contributed by atoms with Crippen molar-refractivity contribution in [2.45, 2.75) is 33.0 Å². The zero-order chi connectivity index (χ0) is 76.3. The number of imidazole rings is 1. The number of hydrogen-bond acceptors (Lipinski definition) is 2. The maximum absolute atomic E-state index is 10.0. The van der Waals surface area contributed by atoms with Crippen LogP contribution in [0.4, 0.5) is 0 Å². The Bertz CT molecular complexity index is 5660. The Kier molecular flexibility index (Phi) is 7.32. The van der Waals surface area contributed by atoms with E-state index in [1.165, 1.54) is 27.3 Å². The molecule has 5 nitrogen and oxygen atoms in total. The summed E-state index contributed by atoms with van der Waals surface area (Å²) in [6.07, 6.45) is 4.56. The minimum atomic E-state index is -6.20. The maximum atomic E-state index is 10.0. The predicted molar refractivity (Wildman–Crippen MR) is 318 cm³/mol. The van der Waals surface area contributed by atoms with Gasteiger partial charge in [0.2, 0.25) is 0 Å².